The van der Waals surface area contributed by atoms with Crippen LogP contribution in [0, 0.1) is 0 Å². The highest BCUT2D eigenvalue weighted by atomic mass is 16.5. The molecule has 0 spiro atoms. The fourth-order valence-corrected chi connectivity index (χ4v) is 2.07. The van der Waals surface area contributed by atoms with Gasteiger partial charge in [-0.05, 0) is 19.2 Å². The Bertz CT molecular complexity index is 379. The Morgan fingerprint density at radius 1 is 1.11 bits per heavy atom. The van der Waals surface area contributed by atoms with Crippen molar-refractivity contribution in [2.24, 2.45) is 0 Å². The van der Waals surface area contributed by atoms with Gasteiger partial charge in [-0.25, -0.2) is 5.01 Å². The van der Waals surface area contributed by atoms with Crippen molar-refractivity contribution in [2.45, 2.75) is 0 Å². The molecule has 1 aromatic carbocycles. The third-order valence-electron chi connectivity index (χ3n) is 3.27. The molecule has 106 valence electrons. The van der Waals surface area contributed by atoms with Gasteiger partial charge in [0.1, 0.15) is 6.61 Å². The van der Waals surface area contributed by atoms with Gasteiger partial charge < -0.3 is 14.4 Å². The molecular formula is C14H23N3O2. The number of rotatable bonds is 6. The third kappa shape index (κ3) is 4.38. The normalized spacial score (nSPS) is 17.4. The fourth-order valence-electron chi connectivity index (χ4n) is 2.07. The van der Waals surface area contributed by atoms with E-state index in [1.54, 1.807) is 7.11 Å². The molecule has 1 aromatic rings. The van der Waals surface area contributed by atoms with Crippen molar-refractivity contribution in [1.29, 1.82) is 0 Å². The smallest absolute Gasteiger partial charge is 0.161 e. The molecule has 5 heteroatoms. The van der Waals surface area contributed by atoms with E-state index in [1.807, 2.05) is 24.3 Å². The second-order valence-electron chi connectivity index (χ2n) is 4.70. The van der Waals surface area contributed by atoms with Gasteiger partial charge in [-0.1, -0.05) is 12.1 Å². The van der Waals surface area contributed by atoms with Crippen LogP contribution in [0.3, 0.4) is 0 Å². The molecular weight excluding hydrogens is 242 g/mol. The molecule has 0 radical (unpaired) electrons. The summed E-state index contributed by atoms with van der Waals surface area (Å²) in [5, 5.41) is 2.26. The van der Waals surface area contributed by atoms with E-state index in [9.17, 15) is 0 Å². The lowest BCUT2D eigenvalue weighted by molar-refractivity contribution is 0.0976. The molecule has 2 rings (SSSR count). The molecule has 1 heterocycles. The maximum absolute atomic E-state index is 5.72. The van der Waals surface area contributed by atoms with E-state index in [0.29, 0.717) is 6.61 Å². The number of nitrogens with zero attached hydrogens (tertiary/aromatic N) is 2. The zero-order valence-corrected chi connectivity index (χ0v) is 11.8. The average Bonchev–Trinajstić information content (AvgIpc) is 2.46. The molecule has 1 N–H and O–H groups in total. The standard InChI is InChI=1S/C14H23N3O2/c1-16-8-10-17(11-9-16)15-7-12-19-14-6-4-3-5-13(14)18-2/h3-6,15H,7-12H2,1-2H3. The van der Waals surface area contributed by atoms with E-state index in [0.717, 1.165) is 44.2 Å². The molecule has 0 aliphatic carbocycles. The van der Waals surface area contributed by atoms with Crippen LogP contribution in [0.25, 0.3) is 0 Å². The Hall–Kier alpha value is -1.30. The number of piperazine rings is 1. The first-order valence-corrected chi connectivity index (χ1v) is 6.72. The summed E-state index contributed by atoms with van der Waals surface area (Å²) in [6.07, 6.45) is 0. The molecule has 0 aromatic heterocycles. The summed E-state index contributed by atoms with van der Waals surface area (Å²) in [6, 6.07) is 7.72. The minimum atomic E-state index is 0.632. The molecule has 5 nitrogen and oxygen atoms in total. The molecule has 1 fully saturated rings. The first-order chi connectivity index (χ1) is 9.29. The summed E-state index contributed by atoms with van der Waals surface area (Å²) in [5.41, 5.74) is 3.39. The summed E-state index contributed by atoms with van der Waals surface area (Å²) < 4.78 is 11.0. The predicted octanol–water partition coefficient (Wildman–Crippen LogP) is 0.826. The van der Waals surface area contributed by atoms with Gasteiger partial charge in [0.15, 0.2) is 11.5 Å². The Balaban J connectivity index is 1.66. The largest absolute Gasteiger partial charge is 0.493 e. The highest BCUT2D eigenvalue weighted by Crippen LogP contribution is 2.25. The van der Waals surface area contributed by atoms with Crippen LogP contribution in [0.5, 0.6) is 11.5 Å². The molecule has 0 bridgehead atoms. The molecule has 1 aliphatic heterocycles. The number of hydrazine groups is 1. The third-order valence-corrected chi connectivity index (χ3v) is 3.27. The maximum Gasteiger partial charge on any atom is 0.161 e. The van der Waals surface area contributed by atoms with E-state index in [4.69, 9.17) is 9.47 Å². The lowest BCUT2D eigenvalue weighted by Crippen LogP contribution is -2.51. The molecule has 0 unspecified atom stereocenters. The topological polar surface area (TPSA) is 37.0 Å². The first kappa shape index (κ1) is 14.1. The maximum atomic E-state index is 5.72. The van der Waals surface area contributed by atoms with Gasteiger partial charge in [0.2, 0.25) is 0 Å². The first-order valence-electron chi connectivity index (χ1n) is 6.72. The Kier molecular flexibility index (Phi) is 5.44. The van der Waals surface area contributed by atoms with Gasteiger partial charge in [-0.2, -0.15) is 0 Å². The SMILES string of the molecule is COc1ccccc1OCCNN1CCN(C)CC1. The summed E-state index contributed by atoms with van der Waals surface area (Å²) in [5.74, 6) is 1.58. The highest BCUT2D eigenvalue weighted by Gasteiger charge is 2.12. The predicted molar refractivity (Wildman–Crippen MR) is 75.6 cm³/mol. The summed E-state index contributed by atoms with van der Waals surface area (Å²) >= 11 is 0. The van der Waals surface area contributed by atoms with Gasteiger partial charge >= 0.3 is 0 Å². The van der Waals surface area contributed by atoms with Crippen LogP contribution in [-0.2, 0) is 0 Å². The van der Waals surface area contributed by atoms with Crippen molar-refractivity contribution in [3.8, 4) is 11.5 Å². The number of nitrogens with one attached hydrogen (secondary N) is 1. The van der Waals surface area contributed by atoms with Crippen molar-refractivity contribution in [1.82, 2.24) is 15.3 Å². The van der Waals surface area contributed by atoms with E-state index in [1.165, 1.54) is 0 Å². The van der Waals surface area contributed by atoms with Crippen molar-refractivity contribution in [3.63, 3.8) is 0 Å². The number of hydrogen-bond donors (Lipinski definition) is 1. The molecule has 0 atom stereocenters. The van der Waals surface area contributed by atoms with Crippen LogP contribution >= 0.6 is 0 Å². The molecule has 0 amide bonds. The van der Waals surface area contributed by atoms with E-state index in [2.05, 4.69) is 22.4 Å². The van der Waals surface area contributed by atoms with E-state index in [-0.39, 0.29) is 0 Å². The van der Waals surface area contributed by atoms with Gasteiger partial charge in [-0.3, -0.25) is 5.43 Å². The number of ether oxygens (including phenoxy) is 2. The van der Waals surface area contributed by atoms with E-state index >= 15 is 0 Å². The Morgan fingerprint density at radius 2 is 1.79 bits per heavy atom. The van der Waals surface area contributed by atoms with Crippen molar-refractivity contribution in [2.75, 3.05) is 53.5 Å². The van der Waals surface area contributed by atoms with Crippen molar-refractivity contribution in [3.05, 3.63) is 24.3 Å². The summed E-state index contributed by atoms with van der Waals surface area (Å²) in [4.78, 5) is 2.34. The quantitative estimate of drug-likeness (QED) is 0.771. The second-order valence-corrected chi connectivity index (χ2v) is 4.70. The van der Waals surface area contributed by atoms with Crippen LogP contribution in [-0.4, -0.2) is 63.4 Å². The molecule has 1 saturated heterocycles. The van der Waals surface area contributed by atoms with Crippen LogP contribution in [0.4, 0.5) is 0 Å². The molecule has 19 heavy (non-hydrogen) atoms. The van der Waals surface area contributed by atoms with Gasteiger partial charge in [0.05, 0.1) is 7.11 Å². The Labute approximate surface area is 115 Å². The lowest BCUT2D eigenvalue weighted by Gasteiger charge is -2.32. The number of methoxy groups -OCH3 is 1. The van der Waals surface area contributed by atoms with Crippen molar-refractivity contribution >= 4 is 0 Å². The lowest BCUT2D eigenvalue weighted by atomic mass is 10.3. The van der Waals surface area contributed by atoms with E-state index < -0.39 is 0 Å². The summed E-state index contributed by atoms with van der Waals surface area (Å²) in [6.45, 7) is 5.78. The summed E-state index contributed by atoms with van der Waals surface area (Å²) in [7, 11) is 3.81. The van der Waals surface area contributed by atoms with Crippen LogP contribution in [0.15, 0.2) is 24.3 Å². The number of hydrogen-bond acceptors (Lipinski definition) is 5. The molecule has 1 aliphatic rings. The van der Waals surface area contributed by atoms with Crippen LogP contribution in [0.1, 0.15) is 0 Å². The van der Waals surface area contributed by atoms with Crippen molar-refractivity contribution < 1.29 is 9.47 Å². The van der Waals surface area contributed by atoms with Crippen LogP contribution in [0.2, 0.25) is 0 Å². The zero-order chi connectivity index (χ0) is 13.5. The van der Waals surface area contributed by atoms with Gasteiger partial charge in [0.25, 0.3) is 0 Å². The second kappa shape index (κ2) is 7.33. The average molecular weight is 265 g/mol. The number of para-hydroxylation sites is 2. The Morgan fingerprint density at radius 3 is 2.47 bits per heavy atom. The minimum absolute atomic E-state index is 0.632. The van der Waals surface area contributed by atoms with Crippen LogP contribution < -0.4 is 14.9 Å². The minimum Gasteiger partial charge on any atom is -0.493 e. The molecule has 0 saturated carbocycles. The zero-order valence-electron chi connectivity index (χ0n) is 11.8. The fraction of sp³-hybridized carbons (Fsp3) is 0.571. The van der Waals surface area contributed by atoms with Gasteiger partial charge in [0, 0.05) is 32.7 Å². The monoisotopic (exact) mass is 265 g/mol. The number of likely N-dealkylation sites (N-methyl/N-ethyl adjacent to an activating group) is 1. The highest BCUT2D eigenvalue weighted by molar-refractivity contribution is 5.39. The number of benzene rings is 1. The van der Waals surface area contributed by atoms with Gasteiger partial charge in [-0.15, -0.1) is 0 Å².